The van der Waals surface area contributed by atoms with Gasteiger partial charge in [0.1, 0.15) is 18.7 Å². The summed E-state index contributed by atoms with van der Waals surface area (Å²) in [6.45, 7) is 1.15. The van der Waals surface area contributed by atoms with E-state index in [0.29, 0.717) is 35.2 Å². The lowest BCUT2D eigenvalue weighted by Crippen LogP contribution is -2.58. The fourth-order valence-electron chi connectivity index (χ4n) is 12.2. The predicted octanol–water partition coefficient (Wildman–Crippen LogP) is 13.1. The molecule has 4 aliphatic rings. The third-order valence-electron chi connectivity index (χ3n) is 15.9. The Hall–Kier alpha value is -5.93. The first-order valence-corrected chi connectivity index (χ1v) is 26.9. The van der Waals surface area contributed by atoms with Crippen molar-refractivity contribution >= 4 is 35.5 Å². The topological polar surface area (TPSA) is 105 Å². The maximum absolute atomic E-state index is 15.1. The summed E-state index contributed by atoms with van der Waals surface area (Å²) in [5.41, 5.74) is 6.21. The molecule has 0 aromatic heterocycles. The second kappa shape index (κ2) is 23.5. The Morgan fingerprint density at radius 3 is 1.83 bits per heavy atom. The van der Waals surface area contributed by atoms with E-state index in [4.69, 9.17) is 21.1 Å². The molecular formula is C61H70ClN3O6. The van der Waals surface area contributed by atoms with Crippen molar-refractivity contribution in [3.8, 4) is 11.1 Å². The first kappa shape index (κ1) is 50.0. The van der Waals surface area contributed by atoms with Gasteiger partial charge in [0.25, 0.3) is 0 Å². The Bertz CT molecular complexity index is 2550. The van der Waals surface area contributed by atoms with E-state index in [2.05, 4.69) is 53.8 Å². The van der Waals surface area contributed by atoms with E-state index >= 15 is 9.59 Å². The van der Waals surface area contributed by atoms with Crippen LogP contribution in [0.5, 0.6) is 0 Å². The maximum Gasteiger partial charge on any atom is 0.410 e. The molecule has 1 N–H and O–H groups in total. The number of likely N-dealkylation sites (N-methyl/N-ethyl adjacent to an activating group) is 1. The Labute approximate surface area is 425 Å². The number of carbonyl (C=O) groups excluding carboxylic acids is 4. The van der Waals surface area contributed by atoms with Crippen LogP contribution in [0.1, 0.15) is 154 Å². The first-order valence-electron chi connectivity index (χ1n) is 26.5. The zero-order valence-electron chi connectivity index (χ0n) is 41.4. The first-order chi connectivity index (χ1) is 34.7. The van der Waals surface area contributed by atoms with Crippen LogP contribution >= 0.6 is 11.6 Å². The number of carbonyl (C=O) groups is 4. The molecule has 1 saturated heterocycles. The summed E-state index contributed by atoms with van der Waals surface area (Å²) in [7, 11) is 1.62. The van der Waals surface area contributed by atoms with Gasteiger partial charge in [-0.1, -0.05) is 191 Å². The number of esters is 1. The number of piperidine rings is 1. The van der Waals surface area contributed by atoms with Crippen LogP contribution in [0, 0.1) is 5.92 Å². The Morgan fingerprint density at radius 2 is 1.18 bits per heavy atom. The van der Waals surface area contributed by atoms with Crippen molar-refractivity contribution in [2.45, 2.75) is 139 Å². The van der Waals surface area contributed by atoms with E-state index in [-0.39, 0.29) is 24.3 Å². The molecular weight excluding hydrogens is 906 g/mol. The number of hydrogen-bond acceptors (Lipinski definition) is 6. The predicted molar refractivity (Wildman–Crippen MR) is 280 cm³/mol. The summed E-state index contributed by atoms with van der Waals surface area (Å²) in [5, 5.41) is 3.49. The number of fused-ring (bicyclic) bond motifs is 3. The van der Waals surface area contributed by atoms with Gasteiger partial charge < -0.3 is 19.7 Å². The SMILES string of the molecule is CN(C(=O)OCC1c2ccccc2-c2ccccc21)[C@H](C(=O)N[C@@H](CC(=O)OC(c1ccccc1)(c1ccc(C2CCCCCCCC2)cc1)c1ccccc1Cl)C(=O)N1CCCCC1)C1CCCCC1. The van der Waals surface area contributed by atoms with E-state index in [9.17, 15) is 9.59 Å². The molecule has 3 atom stereocenters. The van der Waals surface area contributed by atoms with Crippen LogP contribution in [0.25, 0.3) is 11.1 Å². The van der Waals surface area contributed by atoms with Crippen LogP contribution in [-0.4, -0.2) is 72.5 Å². The lowest BCUT2D eigenvalue weighted by Gasteiger charge is -2.38. The van der Waals surface area contributed by atoms with Crippen molar-refractivity contribution in [1.29, 1.82) is 0 Å². The Morgan fingerprint density at radius 1 is 0.648 bits per heavy atom. The zero-order valence-corrected chi connectivity index (χ0v) is 42.1. The fraction of sp³-hybridized carbons (Fsp3) is 0.443. The van der Waals surface area contributed by atoms with Gasteiger partial charge in [-0.15, -0.1) is 0 Å². The molecule has 10 heteroatoms. The molecule has 1 heterocycles. The summed E-state index contributed by atoms with van der Waals surface area (Å²) in [6.07, 6.45) is 15.7. The number of likely N-dealkylation sites (tertiary alicyclic amines) is 1. The smallest absolute Gasteiger partial charge is 0.410 e. The third kappa shape index (κ3) is 11.3. The average Bonchev–Trinajstić information content (AvgIpc) is 3.80. The highest BCUT2D eigenvalue weighted by atomic mass is 35.5. The van der Waals surface area contributed by atoms with Gasteiger partial charge in [0.15, 0.2) is 5.60 Å². The van der Waals surface area contributed by atoms with Gasteiger partial charge >= 0.3 is 12.1 Å². The van der Waals surface area contributed by atoms with Gasteiger partial charge in [0, 0.05) is 47.8 Å². The molecule has 71 heavy (non-hydrogen) atoms. The molecule has 0 bridgehead atoms. The van der Waals surface area contributed by atoms with Crippen LogP contribution in [0.3, 0.4) is 0 Å². The molecule has 5 aromatic carbocycles. The van der Waals surface area contributed by atoms with E-state index in [1.54, 1.807) is 18.0 Å². The zero-order chi connectivity index (χ0) is 49.2. The summed E-state index contributed by atoms with van der Waals surface area (Å²) in [6, 6.07) is 39.8. The van der Waals surface area contributed by atoms with Crippen LogP contribution in [-0.2, 0) is 29.5 Å². The van der Waals surface area contributed by atoms with Gasteiger partial charge in [-0.3, -0.25) is 19.3 Å². The second-order valence-electron chi connectivity index (χ2n) is 20.4. The van der Waals surface area contributed by atoms with Crippen molar-refractivity contribution in [1.82, 2.24) is 15.1 Å². The van der Waals surface area contributed by atoms with E-state index in [1.165, 1.54) is 49.0 Å². The molecule has 372 valence electrons. The molecule has 2 saturated carbocycles. The second-order valence-corrected chi connectivity index (χ2v) is 20.8. The average molecular weight is 977 g/mol. The molecule has 0 spiro atoms. The summed E-state index contributed by atoms with van der Waals surface area (Å²) < 4.78 is 13.1. The Balaban J connectivity index is 1.01. The monoisotopic (exact) mass is 975 g/mol. The number of benzene rings is 5. The number of nitrogens with one attached hydrogen (secondary N) is 1. The molecule has 9 nitrogen and oxygen atoms in total. The molecule has 3 aliphatic carbocycles. The quantitative estimate of drug-likeness (QED) is 0.0878. The standard InChI is InChI=1S/C61H70ClN3O6/c1-64(60(69)70-42-52-50-31-17-15-29-48(50)49-30-16-18-32-51(49)52)57(45-25-11-6-12-26-45)58(67)63-55(59(68)65-39-21-8-22-40-65)41-56(66)71-61(46-27-13-7-14-28-46,53-33-19-20-34-54(53)62)47-37-35-44(36-38-47)43-23-9-4-2-3-5-10-24-43/h7,13-20,27-38,43,45,52,55,57H,2-6,8-12,21-26,39-42H2,1H3,(H,63,67)/t55-,57-,61?/m0/s1. The normalized spacial score (nSPS) is 18.5. The highest BCUT2D eigenvalue weighted by Crippen LogP contribution is 2.46. The molecule has 0 radical (unpaired) electrons. The van der Waals surface area contributed by atoms with Crippen molar-refractivity contribution in [2.75, 3.05) is 26.7 Å². The summed E-state index contributed by atoms with van der Waals surface area (Å²) >= 11 is 7.14. The van der Waals surface area contributed by atoms with E-state index < -0.39 is 42.1 Å². The number of rotatable bonds is 14. The third-order valence-corrected chi connectivity index (χ3v) is 16.2. The maximum atomic E-state index is 15.1. The molecule has 5 aromatic rings. The lowest BCUT2D eigenvalue weighted by atomic mass is 9.78. The van der Waals surface area contributed by atoms with Crippen LogP contribution in [0.4, 0.5) is 4.79 Å². The van der Waals surface area contributed by atoms with Crippen molar-refractivity contribution in [3.63, 3.8) is 0 Å². The summed E-state index contributed by atoms with van der Waals surface area (Å²) in [5.74, 6) is -1.39. The molecule has 3 amide bonds. The highest BCUT2D eigenvalue weighted by Gasteiger charge is 2.45. The molecule has 3 fully saturated rings. The van der Waals surface area contributed by atoms with Crippen molar-refractivity contribution < 1.29 is 28.7 Å². The Kier molecular flexibility index (Phi) is 16.6. The molecule has 1 unspecified atom stereocenters. The number of ether oxygens (including phenoxy) is 2. The highest BCUT2D eigenvalue weighted by molar-refractivity contribution is 6.31. The minimum absolute atomic E-state index is 0.107. The van der Waals surface area contributed by atoms with Crippen molar-refractivity contribution in [2.24, 2.45) is 5.92 Å². The minimum atomic E-state index is -1.51. The number of amides is 3. The number of hydrogen-bond donors (Lipinski definition) is 1. The van der Waals surface area contributed by atoms with Gasteiger partial charge in [0.05, 0.1) is 6.42 Å². The lowest BCUT2D eigenvalue weighted by molar-refractivity contribution is -0.156. The summed E-state index contributed by atoms with van der Waals surface area (Å²) in [4.78, 5) is 62.4. The minimum Gasteiger partial charge on any atom is -0.448 e. The van der Waals surface area contributed by atoms with Gasteiger partial charge in [-0.05, 0) is 90.7 Å². The van der Waals surface area contributed by atoms with Gasteiger partial charge in [-0.25, -0.2) is 4.79 Å². The fourth-order valence-corrected chi connectivity index (χ4v) is 12.4. The largest absolute Gasteiger partial charge is 0.448 e. The van der Waals surface area contributed by atoms with Crippen LogP contribution in [0.2, 0.25) is 5.02 Å². The van der Waals surface area contributed by atoms with Crippen molar-refractivity contribution in [3.05, 3.63) is 166 Å². The van der Waals surface area contributed by atoms with E-state index in [0.717, 1.165) is 92.0 Å². The van der Waals surface area contributed by atoms with Gasteiger partial charge in [0.2, 0.25) is 11.8 Å². The molecule has 1 aliphatic heterocycles. The number of halogens is 1. The van der Waals surface area contributed by atoms with Crippen LogP contribution < -0.4 is 5.32 Å². The van der Waals surface area contributed by atoms with Crippen LogP contribution in [0.15, 0.2) is 127 Å². The van der Waals surface area contributed by atoms with Gasteiger partial charge in [-0.2, -0.15) is 0 Å². The molecule has 9 rings (SSSR count). The van der Waals surface area contributed by atoms with E-state index in [1.807, 2.05) is 72.8 Å². The number of nitrogens with zero attached hydrogens (tertiary/aromatic N) is 2.